The van der Waals surface area contributed by atoms with Gasteiger partial charge in [-0.15, -0.1) is 24.8 Å². The number of halogens is 8. The van der Waals surface area contributed by atoms with Gasteiger partial charge in [0.05, 0.1) is 5.56 Å². The molecule has 0 saturated heterocycles. The molecule has 0 aromatic carbocycles. The molecule has 1 aromatic heterocycles. The van der Waals surface area contributed by atoms with Crippen molar-refractivity contribution in [3.63, 3.8) is 0 Å². The molecule has 0 fully saturated rings. The Labute approximate surface area is 115 Å². The van der Waals surface area contributed by atoms with Crippen LogP contribution in [0.15, 0.2) is 6.07 Å². The third-order valence-electron chi connectivity index (χ3n) is 1.68. The maximum absolute atomic E-state index is 12.6. The largest absolute Gasteiger partial charge is 0.574 e. The highest BCUT2D eigenvalue weighted by atomic mass is 127. The van der Waals surface area contributed by atoms with Crippen LogP contribution in [0.25, 0.3) is 0 Å². The minimum absolute atomic E-state index is 0.519. The molecule has 102 valence electrons. The topological polar surface area (TPSA) is 22.1 Å². The van der Waals surface area contributed by atoms with Gasteiger partial charge in [0, 0.05) is 11.9 Å². The summed E-state index contributed by atoms with van der Waals surface area (Å²) >= 11 is 6.46. The second kappa shape index (κ2) is 5.27. The maximum Gasteiger partial charge on any atom is 0.574 e. The van der Waals surface area contributed by atoms with Gasteiger partial charge in [-0.2, -0.15) is 13.2 Å². The Morgan fingerprint density at radius 2 is 1.78 bits per heavy atom. The summed E-state index contributed by atoms with van der Waals surface area (Å²) in [7, 11) is 0. The Morgan fingerprint density at radius 3 is 2.17 bits per heavy atom. The molecule has 0 saturated carbocycles. The molecule has 10 heteroatoms. The number of rotatable bonds is 2. The normalized spacial score (nSPS) is 12.7. The van der Waals surface area contributed by atoms with E-state index in [2.05, 4.69) is 9.72 Å². The fourth-order valence-electron chi connectivity index (χ4n) is 1.11. The molecule has 0 atom stereocenters. The van der Waals surface area contributed by atoms with Crippen molar-refractivity contribution in [2.75, 3.05) is 0 Å². The van der Waals surface area contributed by atoms with Crippen LogP contribution < -0.4 is 4.74 Å². The average molecular weight is 405 g/mol. The zero-order valence-electron chi connectivity index (χ0n) is 8.16. The lowest BCUT2D eigenvalue weighted by atomic mass is 10.1. The van der Waals surface area contributed by atoms with Gasteiger partial charge in [-0.25, -0.2) is 4.98 Å². The van der Waals surface area contributed by atoms with E-state index in [1.165, 1.54) is 22.6 Å². The molecule has 18 heavy (non-hydrogen) atoms. The van der Waals surface area contributed by atoms with Crippen LogP contribution in [0.1, 0.15) is 11.1 Å². The van der Waals surface area contributed by atoms with Crippen molar-refractivity contribution in [2.45, 2.75) is 18.4 Å². The van der Waals surface area contributed by atoms with Gasteiger partial charge >= 0.3 is 12.5 Å². The molecule has 0 radical (unpaired) electrons. The fraction of sp³-hybridized carbons (Fsp3) is 0.375. The van der Waals surface area contributed by atoms with Crippen molar-refractivity contribution in [2.24, 2.45) is 0 Å². The smallest absolute Gasteiger partial charge is 0.388 e. The van der Waals surface area contributed by atoms with Gasteiger partial charge in [-0.1, -0.05) is 0 Å². The summed E-state index contributed by atoms with van der Waals surface area (Å²) in [4.78, 5) is 3.10. The molecule has 0 aliphatic carbocycles. The minimum Gasteiger partial charge on any atom is -0.388 e. The van der Waals surface area contributed by atoms with Crippen LogP contribution in [0.4, 0.5) is 26.3 Å². The molecule has 0 spiro atoms. The van der Waals surface area contributed by atoms with Crippen molar-refractivity contribution < 1.29 is 31.1 Å². The number of hydrogen-bond acceptors (Lipinski definition) is 2. The molecule has 1 rings (SSSR count). The van der Waals surface area contributed by atoms with Crippen LogP contribution in [0.5, 0.6) is 5.88 Å². The van der Waals surface area contributed by atoms with Crippen LogP contribution in [-0.4, -0.2) is 11.3 Å². The van der Waals surface area contributed by atoms with Gasteiger partial charge < -0.3 is 4.74 Å². The van der Waals surface area contributed by atoms with E-state index in [1.54, 1.807) is 0 Å². The van der Waals surface area contributed by atoms with E-state index >= 15 is 0 Å². The van der Waals surface area contributed by atoms with Crippen LogP contribution in [0.2, 0.25) is 0 Å². The second-order valence-corrected chi connectivity index (χ2v) is 4.25. The molecule has 0 aliphatic rings. The first-order valence-electron chi connectivity index (χ1n) is 4.13. The molecule has 1 heterocycles. The summed E-state index contributed by atoms with van der Waals surface area (Å²) in [5.74, 6) is -1.59. The highest BCUT2D eigenvalue weighted by Gasteiger charge is 2.38. The number of aromatic nitrogens is 1. The summed E-state index contributed by atoms with van der Waals surface area (Å²) in [6.45, 7) is 0. The standard InChI is InChI=1S/C8H3ClF6INO/c9-2-3-1-4(18-8(13,14)15)17-6(16)5(3)7(10,11)12/h1H,2H2. The van der Waals surface area contributed by atoms with E-state index in [4.69, 9.17) is 11.6 Å². The zero-order chi connectivity index (χ0) is 14.1. The predicted octanol–water partition coefficient (Wildman–Crippen LogP) is 4.34. The summed E-state index contributed by atoms with van der Waals surface area (Å²) in [6, 6.07) is 0.519. The monoisotopic (exact) mass is 405 g/mol. The van der Waals surface area contributed by atoms with Crippen LogP contribution in [-0.2, 0) is 12.1 Å². The maximum atomic E-state index is 12.6. The lowest BCUT2D eigenvalue weighted by Gasteiger charge is -2.15. The van der Waals surface area contributed by atoms with Crippen molar-refractivity contribution in [1.82, 2.24) is 4.98 Å². The molecule has 0 amide bonds. The number of ether oxygens (including phenoxy) is 1. The van der Waals surface area contributed by atoms with Crippen molar-refractivity contribution in [1.29, 1.82) is 0 Å². The number of pyridine rings is 1. The van der Waals surface area contributed by atoms with E-state index in [9.17, 15) is 26.3 Å². The van der Waals surface area contributed by atoms with Crippen LogP contribution in [0.3, 0.4) is 0 Å². The number of hydrogen-bond donors (Lipinski definition) is 0. The van der Waals surface area contributed by atoms with Gasteiger partial charge in [0.15, 0.2) is 0 Å². The van der Waals surface area contributed by atoms with E-state index in [-0.39, 0.29) is 0 Å². The second-order valence-electron chi connectivity index (χ2n) is 2.96. The fourth-order valence-corrected chi connectivity index (χ4v) is 2.21. The third kappa shape index (κ3) is 4.04. The van der Waals surface area contributed by atoms with Gasteiger partial charge in [0.1, 0.15) is 3.70 Å². The van der Waals surface area contributed by atoms with E-state index in [0.717, 1.165) is 0 Å². The first kappa shape index (κ1) is 15.6. The lowest BCUT2D eigenvalue weighted by molar-refractivity contribution is -0.276. The molecule has 0 aliphatic heterocycles. The van der Waals surface area contributed by atoms with Crippen molar-refractivity contribution >= 4 is 34.2 Å². The predicted molar refractivity (Wildman–Crippen MR) is 58.2 cm³/mol. The lowest BCUT2D eigenvalue weighted by Crippen LogP contribution is -2.20. The highest BCUT2D eigenvalue weighted by Crippen LogP contribution is 2.37. The quantitative estimate of drug-likeness (QED) is 0.316. The van der Waals surface area contributed by atoms with Crippen LogP contribution >= 0.6 is 34.2 Å². The Kier molecular flexibility index (Phi) is 4.57. The molecular formula is C8H3ClF6INO. The van der Waals surface area contributed by atoms with Crippen LogP contribution in [0, 0.1) is 3.70 Å². The minimum atomic E-state index is -5.03. The molecular weight excluding hydrogens is 402 g/mol. The first-order valence-corrected chi connectivity index (χ1v) is 5.74. The average Bonchev–Trinajstić information content (AvgIpc) is 2.11. The van der Waals surface area contributed by atoms with Gasteiger partial charge in [0.25, 0.3) is 0 Å². The third-order valence-corrected chi connectivity index (χ3v) is 2.75. The molecule has 1 aromatic rings. The zero-order valence-corrected chi connectivity index (χ0v) is 11.1. The Balaban J connectivity index is 3.28. The Hall–Kier alpha value is -0.450. The van der Waals surface area contributed by atoms with E-state index in [0.29, 0.717) is 6.07 Å². The number of nitrogens with zero attached hydrogens (tertiary/aromatic N) is 1. The molecule has 0 bridgehead atoms. The summed E-state index contributed by atoms with van der Waals surface area (Å²) in [5.41, 5.74) is -1.68. The van der Waals surface area contributed by atoms with Crippen molar-refractivity contribution in [3.05, 3.63) is 20.9 Å². The first-order chi connectivity index (χ1) is 8.04. The number of alkyl halides is 7. The Morgan fingerprint density at radius 1 is 1.22 bits per heavy atom. The van der Waals surface area contributed by atoms with Gasteiger partial charge in [-0.05, 0) is 28.2 Å². The Bertz CT molecular complexity index is 446. The molecule has 0 N–H and O–H groups in total. The summed E-state index contributed by atoms with van der Waals surface area (Å²) in [6.07, 6.45) is -9.77. The molecule has 0 unspecified atom stereocenters. The molecule has 2 nitrogen and oxygen atoms in total. The van der Waals surface area contributed by atoms with E-state index in [1.807, 2.05) is 0 Å². The summed E-state index contributed by atoms with van der Waals surface area (Å²) < 4.78 is 76.4. The van der Waals surface area contributed by atoms with E-state index < -0.39 is 39.1 Å². The summed E-state index contributed by atoms with van der Waals surface area (Å²) in [5, 5.41) is 0. The highest BCUT2D eigenvalue weighted by molar-refractivity contribution is 14.1. The van der Waals surface area contributed by atoms with Gasteiger partial charge in [0.2, 0.25) is 5.88 Å². The SMILES string of the molecule is FC(F)(F)Oc1cc(CCl)c(C(F)(F)F)c(I)n1. The van der Waals surface area contributed by atoms with Gasteiger partial charge in [-0.3, -0.25) is 0 Å². The van der Waals surface area contributed by atoms with Crippen molar-refractivity contribution in [3.8, 4) is 5.88 Å².